The Labute approximate surface area is 151 Å². The number of carbonyl (C=O) groups excluding carboxylic acids is 1. The molecule has 0 bridgehead atoms. The summed E-state index contributed by atoms with van der Waals surface area (Å²) in [4.78, 5) is 11.6. The van der Waals surface area contributed by atoms with Gasteiger partial charge >= 0.3 is 5.97 Å². The largest absolute Gasteiger partial charge is 0.469 e. The van der Waals surface area contributed by atoms with Crippen LogP contribution >= 0.6 is 0 Å². The van der Waals surface area contributed by atoms with Crippen LogP contribution in [-0.2, 0) is 9.53 Å². The van der Waals surface area contributed by atoms with Crippen molar-refractivity contribution in [1.82, 2.24) is 0 Å². The third kappa shape index (κ3) is 13.6. The molecule has 0 aliphatic heterocycles. The molecule has 0 unspecified atom stereocenters. The lowest BCUT2D eigenvalue weighted by molar-refractivity contribution is -0.151. The van der Waals surface area contributed by atoms with Gasteiger partial charge in [-0.1, -0.05) is 76.9 Å². The lowest BCUT2D eigenvalue weighted by Crippen LogP contribution is -2.25. The zero-order valence-corrected chi connectivity index (χ0v) is 16.9. The monoisotopic (exact) mass is 338 g/mol. The number of hydrogen-bond donors (Lipinski definition) is 0. The van der Waals surface area contributed by atoms with Crippen LogP contribution in [0.5, 0.6) is 0 Å². The Morgan fingerprint density at radius 2 is 1.25 bits per heavy atom. The first-order chi connectivity index (χ1) is 11.5. The highest BCUT2D eigenvalue weighted by atomic mass is 16.5. The molecule has 0 saturated carbocycles. The number of methoxy groups -OCH3 is 1. The van der Waals surface area contributed by atoms with Gasteiger partial charge in [-0.25, -0.2) is 0 Å². The van der Waals surface area contributed by atoms with Crippen LogP contribution in [0.2, 0.25) is 0 Å². The Kier molecular flexibility index (Phi) is 15.2. The summed E-state index contributed by atoms with van der Waals surface area (Å²) in [5.41, 5.74) is -0.325. The molecule has 0 atom stereocenters. The summed E-state index contributed by atoms with van der Waals surface area (Å²) in [6.45, 7) is 6.23. The highest BCUT2D eigenvalue weighted by molar-refractivity contribution is 5.75. The summed E-state index contributed by atoms with van der Waals surface area (Å²) in [5, 5.41) is 0. The Balaban J connectivity index is 3.33. The molecule has 0 aromatic carbocycles. The van der Waals surface area contributed by atoms with Crippen LogP contribution < -0.4 is 0 Å². The first-order valence-electron chi connectivity index (χ1n) is 10.3. The number of carbonyl (C=O) groups is 1. The Bertz CT molecular complexity index is 318. The smallest absolute Gasteiger partial charge is 0.311 e. The molecule has 0 aliphatic rings. The zero-order chi connectivity index (χ0) is 18.1. The summed E-state index contributed by atoms with van der Waals surface area (Å²) >= 11 is 0. The van der Waals surface area contributed by atoms with Gasteiger partial charge in [0.15, 0.2) is 0 Å². The van der Waals surface area contributed by atoms with E-state index in [4.69, 9.17) is 4.74 Å². The molecule has 0 aromatic rings. The molecule has 2 heteroatoms. The molecular formula is C22H42O2. The summed E-state index contributed by atoms with van der Waals surface area (Å²) in [7, 11) is 1.48. The second-order valence-electron chi connectivity index (χ2n) is 7.71. The highest BCUT2D eigenvalue weighted by Crippen LogP contribution is 2.25. The van der Waals surface area contributed by atoms with E-state index in [2.05, 4.69) is 19.1 Å². The third-order valence-electron chi connectivity index (χ3n) is 4.80. The van der Waals surface area contributed by atoms with E-state index in [0.717, 1.165) is 12.8 Å². The highest BCUT2D eigenvalue weighted by Gasteiger charge is 2.27. The average molecular weight is 339 g/mol. The summed E-state index contributed by atoms with van der Waals surface area (Å²) < 4.78 is 4.84. The summed E-state index contributed by atoms with van der Waals surface area (Å²) in [6, 6.07) is 0. The van der Waals surface area contributed by atoms with Crippen molar-refractivity contribution in [2.75, 3.05) is 7.11 Å². The van der Waals surface area contributed by atoms with Gasteiger partial charge in [0.25, 0.3) is 0 Å². The molecule has 0 heterocycles. The maximum Gasteiger partial charge on any atom is 0.311 e. The van der Waals surface area contributed by atoms with E-state index in [0.29, 0.717) is 0 Å². The van der Waals surface area contributed by atoms with Crippen molar-refractivity contribution in [3.63, 3.8) is 0 Å². The molecule has 0 aliphatic carbocycles. The molecule has 0 aromatic heterocycles. The average Bonchev–Trinajstić information content (AvgIpc) is 2.57. The van der Waals surface area contributed by atoms with E-state index in [-0.39, 0.29) is 11.4 Å². The van der Waals surface area contributed by atoms with Crippen LogP contribution in [0.25, 0.3) is 0 Å². The summed E-state index contributed by atoms with van der Waals surface area (Å²) in [6.07, 6.45) is 22.7. The predicted octanol–water partition coefficient (Wildman–Crippen LogP) is 7.22. The van der Waals surface area contributed by atoms with Crippen LogP contribution in [-0.4, -0.2) is 13.1 Å². The minimum absolute atomic E-state index is 0.0852. The number of esters is 1. The van der Waals surface area contributed by atoms with E-state index in [1.165, 1.54) is 84.2 Å². The van der Waals surface area contributed by atoms with E-state index in [1.54, 1.807) is 0 Å². The molecule has 0 N–H and O–H groups in total. The molecule has 0 saturated heterocycles. The fraction of sp³-hybridized carbons (Fsp3) is 0.864. The van der Waals surface area contributed by atoms with Crippen LogP contribution in [0.4, 0.5) is 0 Å². The van der Waals surface area contributed by atoms with E-state index in [9.17, 15) is 4.79 Å². The third-order valence-corrected chi connectivity index (χ3v) is 4.80. The molecule has 0 fully saturated rings. The molecule has 0 radical (unpaired) electrons. The fourth-order valence-corrected chi connectivity index (χ4v) is 3.02. The lowest BCUT2D eigenvalue weighted by atomic mass is 9.87. The maximum atomic E-state index is 11.6. The topological polar surface area (TPSA) is 26.3 Å². The van der Waals surface area contributed by atoms with Crippen LogP contribution in [0.15, 0.2) is 12.2 Å². The van der Waals surface area contributed by atoms with Crippen LogP contribution in [0, 0.1) is 5.41 Å². The van der Waals surface area contributed by atoms with Gasteiger partial charge in [-0.15, -0.1) is 0 Å². The minimum Gasteiger partial charge on any atom is -0.469 e. The lowest BCUT2D eigenvalue weighted by Gasteiger charge is -2.20. The molecule has 0 spiro atoms. The standard InChI is InChI=1S/C22H42O2/c1-5-6-7-8-9-10-11-12-13-14-15-16-17-18-19-20-22(2,3)21(23)24-4/h12-13H,5-11,14-20H2,1-4H3. The molecule has 2 nitrogen and oxygen atoms in total. The van der Waals surface area contributed by atoms with Gasteiger partial charge in [-0.3, -0.25) is 4.79 Å². The second-order valence-corrected chi connectivity index (χ2v) is 7.71. The second kappa shape index (κ2) is 15.7. The van der Waals surface area contributed by atoms with E-state index in [1.807, 2.05) is 13.8 Å². The van der Waals surface area contributed by atoms with Gasteiger partial charge in [0.2, 0.25) is 0 Å². The zero-order valence-electron chi connectivity index (χ0n) is 16.9. The van der Waals surface area contributed by atoms with Crippen molar-refractivity contribution in [3.05, 3.63) is 12.2 Å². The van der Waals surface area contributed by atoms with Gasteiger partial charge in [-0.05, 0) is 46.0 Å². The van der Waals surface area contributed by atoms with Gasteiger partial charge < -0.3 is 4.74 Å². The van der Waals surface area contributed by atoms with Crippen molar-refractivity contribution < 1.29 is 9.53 Å². The van der Waals surface area contributed by atoms with E-state index < -0.39 is 0 Å². The maximum absolute atomic E-state index is 11.6. The van der Waals surface area contributed by atoms with Crippen molar-refractivity contribution in [1.29, 1.82) is 0 Å². The number of unbranched alkanes of at least 4 members (excludes halogenated alkanes) is 11. The normalized spacial score (nSPS) is 12.0. The van der Waals surface area contributed by atoms with E-state index >= 15 is 0 Å². The first-order valence-corrected chi connectivity index (χ1v) is 10.3. The van der Waals surface area contributed by atoms with Gasteiger partial charge in [-0.2, -0.15) is 0 Å². The molecule has 0 rings (SSSR count). The number of ether oxygens (including phenoxy) is 1. The first kappa shape index (κ1) is 23.2. The van der Waals surface area contributed by atoms with Gasteiger partial charge in [0.1, 0.15) is 0 Å². The van der Waals surface area contributed by atoms with Crippen LogP contribution in [0.3, 0.4) is 0 Å². The van der Waals surface area contributed by atoms with Gasteiger partial charge in [0, 0.05) is 0 Å². The van der Waals surface area contributed by atoms with Gasteiger partial charge in [0.05, 0.1) is 12.5 Å². The van der Waals surface area contributed by atoms with Crippen molar-refractivity contribution in [2.24, 2.45) is 5.41 Å². The molecule has 24 heavy (non-hydrogen) atoms. The van der Waals surface area contributed by atoms with Crippen LogP contribution in [0.1, 0.15) is 111 Å². The molecule has 142 valence electrons. The quantitative estimate of drug-likeness (QED) is 0.169. The number of allylic oxidation sites excluding steroid dienone is 2. The number of hydrogen-bond acceptors (Lipinski definition) is 2. The van der Waals surface area contributed by atoms with Crippen molar-refractivity contribution in [3.8, 4) is 0 Å². The Morgan fingerprint density at radius 1 is 0.792 bits per heavy atom. The SMILES string of the molecule is CCCCCCCCC=CCCCCCCCC(C)(C)C(=O)OC. The fourth-order valence-electron chi connectivity index (χ4n) is 3.02. The predicted molar refractivity (Wildman–Crippen MR) is 105 cm³/mol. The van der Waals surface area contributed by atoms with Crippen molar-refractivity contribution in [2.45, 2.75) is 111 Å². The van der Waals surface area contributed by atoms with Crippen molar-refractivity contribution >= 4 is 5.97 Å². The minimum atomic E-state index is -0.325. The Hall–Kier alpha value is -0.790. The number of rotatable bonds is 16. The molecule has 0 amide bonds. The summed E-state index contributed by atoms with van der Waals surface area (Å²) in [5.74, 6) is -0.0852. The molecular weight excluding hydrogens is 296 g/mol. The Morgan fingerprint density at radius 3 is 1.75 bits per heavy atom.